The van der Waals surface area contributed by atoms with Crippen molar-refractivity contribution in [3.05, 3.63) is 70.5 Å². The summed E-state index contributed by atoms with van der Waals surface area (Å²) in [6.45, 7) is 3.24. The summed E-state index contributed by atoms with van der Waals surface area (Å²) in [6, 6.07) is 14.4. The van der Waals surface area contributed by atoms with Crippen molar-refractivity contribution in [3.8, 4) is 0 Å². The Kier molecular flexibility index (Phi) is 5.70. The number of halogens is 2. The minimum atomic E-state index is 0.619. The van der Waals surface area contributed by atoms with E-state index >= 15 is 0 Å². The fourth-order valence-electron chi connectivity index (χ4n) is 3.39. The van der Waals surface area contributed by atoms with Crippen molar-refractivity contribution in [2.24, 2.45) is 0 Å². The van der Waals surface area contributed by atoms with Gasteiger partial charge in [-0.1, -0.05) is 35.3 Å². The minimum absolute atomic E-state index is 0.619. The Labute approximate surface area is 168 Å². The first-order valence-corrected chi connectivity index (χ1v) is 10.5. The maximum Gasteiger partial charge on any atom is 0.0548 e. The van der Waals surface area contributed by atoms with E-state index in [4.69, 9.17) is 23.2 Å². The van der Waals surface area contributed by atoms with Crippen LogP contribution in [0, 0.1) is 0 Å². The van der Waals surface area contributed by atoms with Gasteiger partial charge in [0.15, 0.2) is 0 Å². The first kappa shape index (κ1) is 18.1. The lowest BCUT2D eigenvalue weighted by Gasteiger charge is -2.31. The highest BCUT2D eigenvalue weighted by atomic mass is 35.5. The smallest absolute Gasteiger partial charge is 0.0548 e. The lowest BCUT2D eigenvalue weighted by molar-refractivity contribution is 0.225. The van der Waals surface area contributed by atoms with Gasteiger partial charge in [-0.05, 0) is 67.2 Å². The summed E-state index contributed by atoms with van der Waals surface area (Å²) >= 11 is 14.4. The zero-order chi connectivity index (χ0) is 17.9. The molecule has 134 valence electrons. The highest BCUT2D eigenvalue weighted by Gasteiger charge is 2.21. The second-order valence-electron chi connectivity index (χ2n) is 6.73. The van der Waals surface area contributed by atoms with Crippen molar-refractivity contribution in [2.45, 2.75) is 29.5 Å². The van der Waals surface area contributed by atoms with Crippen molar-refractivity contribution >= 4 is 45.7 Å². The van der Waals surface area contributed by atoms with Crippen molar-refractivity contribution < 1.29 is 0 Å². The Morgan fingerprint density at radius 1 is 1.00 bits per heavy atom. The molecule has 4 rings (SSSR count). The van der Waals surface area contributed by atoms with E-state index in [0.29, 0.717) is 5.25 Å². The van der Waals surface area contributed by atoms with Crippen molar-refractivity contribution in [2.75, 3.05) is 13.1 Å². The van der Waals surface area contributed by atoms with Gasteiger partial charge in [0.2, 0.25) is 0 Å². The number of piperidine rings is 1. The van der Waals surface area contributed by atoms with Gasteiger partial charge in [-0.2, -0.15) is 0 Å². The summed E-state index contributed by atoms with van der Waals surface area (Å²) in [4.78, 5) is 7.87. The van der Waals surface area contributed by atoms with Crippen molar-refractivity contribution in [3.63, 3.8) is 0 Å². The first-order chi connectivity index (χ1) is 12.7. The molecule has 26 heavy (non-hydrogen) atoms. The molecule has 0 N–H and O–H groups in total. The molecule has 0 unspecified atom stereocenters. The monoisotopic (exact) mass is 402 g/mol. The number of aromatic nitrogens is 1. The molecule has 0 bridgehead atoms. The van der Waals surface area contributed by atoms with Crippen LogP contribution in [0.3, 0.4) is 0 Å². The average molecular weight is 403 g/mol. The SMILES string of the molecule is Clc1ccc(CN2CCC(Sc3cc4ccncc4cc3Cl)CC2)cc1. The Bertz CT molecular complexity index is 890. The predicted molar refractivity (Wildman–Crippen MR) is 112 cm³/mol. The van der Waals surface area contributed by atoms with E-state index in [1.807, 2.05) is 48.4 Å². The highest BCUT2D eigenvalue weighted by Crippen LogP contribution is 2.37. The Morgan fingerprint density at radius 2 is 1.77 bits per heavy atom. The molecular formula is C21H20Cl2N2S. The average Bonchev–Trinajstić information content (AvgIpc) is 2.66. The van der Waals surface area contributed by atoms with Crippen LogP contribution in [0.15, 0.2) is 59.8 Å². The van der Waals surface area contributed by atoms with Gasteiger partial charge < -0.3 is 0 Å². The highest BCUT2D eigenvalue weighted by molar-refractivity contribution is 8.00. The van der Waals surface area contributed by atoms with Crippen LogP contribution in [0.1, 0.15) is 18.4 Å². The van der Waals surface area contributed by atoms with Gasteiger partial charge in [0.05, 0.1) is 5.02 Å². The van der Waals surface area contributed by atoms with E-state index < -0.39 is 0 Å². The fraction of sp³-hybridized carbons (Fsp3) is 0.286. The van der Waals surface area contributed by atoms with Crippen LogP contribution in [0.25, 0.3) is 10.8 Å². The molecular weight excluding hydrogens is 383 g/mol. The summed E-state index contributed by atoms with van der Waals surface area (Å²) in [5, 5.41) is 4.55. The number of fused-ring (bicyclic) bond motifs is 1. The fourth-order valence-corrected chi connectivity index (χ4v) is 4.99. The van der Waals surface area contributed by atoms with E-state index in [1.54, 1.807) is 0 Å². The van der Waals surface area contributed by atoms with Crippen LogP contribution in [0.5, 0.6) is 0 Å². The largest absolute Gasteiger partial charge is 0.299 e. The normalized spacial score (nSPS) is 16.2. The zero-order valence-corrected chi connectivity index (χ0v) is 16.7. The lowest BCUT2D eigenvalue weighted by Crippen LogP contribution is -2.34. The molecule has 1 fully saturated rings. The van der Waals surface area contributed by atoms with Gasteiger partial charge in [-0.15, -0.1) is 11.8 Å². The molecule has 2 aromatic carbocycles. The summed E-state index contributed by atoms with van der Waals surface area (Å²) in [6.07, 6.45) is 6.07. The third kappa shape index (κ3) is 4.34. The van der Waals surface area contributed by atoms with Crippen LogP contribution < -0.4 is 0 Å². The molecule has 2 heterocycles. The van der Waals surface area contributed by atoms with Crippen LogP contribution in [-0.2, 0) is 6.54 Å². The van der Waals surface area contributed by atoms with E-state index in [-0.39, 0.29) is 0 Å². The molecule has 3 aromatic rings. The summed E-state index contributed by atoms with van der Waals surface area (Å²) in [5.41, 5.74) is 1.33. The molecule has 0 spiro atoms. The number of hydrogen-bond donors (Lipinski definition) is 0. The molecule has 0 radical (unpaired) electrons. The molecule has 5 heteroatoms. The molecule has 1 aliphatic rings. The maximum atomic E-state index is 6.50. The van der Waals surface area contributed by atoms with Crippen LogP contribution in [-0.4, -0.2) is 28.2 Å². The lowest BCUT2D eigenvalue weighted by atomic mass is 10.1. The summed E-state index contributed by atoms with van der Waals surface area (Å²) in [7, 11) is 0. The number of pyridine rings is 1. The Hall–Kier alpha value is -1.26. The number of likely N-dealkylation sites (tertiary alicyclic amines) is 1. The van der Waals surface area contributed by atoms with Crippen LogP contribution in [0.4, 0.5) is 0 Å². The summed E-state index contributed by atoms with van der Waals surface area (Å²) < 4.78 is 0. The van der Waals surface area contributed by atoms with Gasteiger partial charge in [-0.3, -0.25) is 9.88 Å². The number of thioether (sulfide) groups is 1. The van der Waals surface area contributed by atoms with Crippen molar-refractivity contribution in [1.29, 1.82) is 0 Å². The summed E-state index contributed by atoms with van der Waals surface area (Å²) in [5.74, 6) is 0. The maximum absolute atomic E-state index is 6.50. The molecule has 1 aromatic heterocycles. The van der Waals surface area contributed by atoms with Gasteiger partial charge >= 0.3 is 0 Å². The van der Waals surface area contributed by atoms with Gasteiger partial charge in [-0.25, -0.2) is 0 Å². The standard InChI is InChI=1S/C21H20Cl2N2S/c22-18-3-1-15(2-4-18)14-25-9-6-19(7-10-25)26-21-12-16-5-8-24-13-17(16)11-20(21)23/h1-5,8,11-13,19H,6-7,9-10,14H2. The predicted octanol–water partition coefficient (Wildman–Crippen LogP) is 6.30. The van der Waals surface area contributed by atoms with E-state index in [9.17, 15) is 0 Å². The topological polar surface area (TPSA) is 16.1 Å². The van der Waals surface area contributed by atoms with E-state index in [2.05, 4.69) is 28.1 Å². The van der Waals surface area contributed by atoms with E-state index in [0.717, 1.165) is 35.1 Å². The second-order valence-corrected chi connectivity index (χ2v) is 8.91. The second kappa shape index (κ2) is 8.18. The van der Waals surface area contributed by atoms with Crippen molar-refractivity contribution in [1.82, 2.24) is 9.88 Å². The number of benzene rings is 2. The number of nitrogens with zero attached hydrogens (tertiary/aromatic N) is 2. The molecule has 0 saturated carbocycles. The van der Waals surface area contributed by atoms with Gasteiger partial charge in [0, 0.05) is 39.5 Å². The molecule has 0 aliphatic carbocycles. The quantitative estimate of drug-likeness (QED) is 0.509. The third-order valence-electron chi connectivity index (χ3n) is 4.84. The Morgan fingerprint density at radius 3 is 2.54 bits per heavy atom. The minimum Gasteiger partial charge on any atom is -0.299 e. The molecule has 0 atom stereocenters. The third-order valence-corrected chi connectivity index (χ3v) is 6.91. The molecule has 1 aliphatic heterocycles. The van der Waals surface area contributed by atoms with Gasteiger partial charge in [0.25, 0.3) is 0 Å². The molecule has 1 saturated heterocycles. The number of rotatable bonds is 4. The molecule has 2 nitrogen and oxygen atoms in total. The zero-order valence-electron chi connectivity index (χ0n) is 14.4. The van der Waals surface area contributed by atoms with E-state index in [1.165, 1.54) is 28.7 Å². The first-order valence-electron chi connectivity index (χ1n) is 8.84. The van der Waals surface area contributed by atoms with Crippen LogP contribution in [0.2, 0.25) is 10.0 Å². The van der Waals surface area contributed by atoms with Gasteiger partial charge in [0.1, 0.15) is 0 Å². The Balaban J connectivity index is 1.36. The molecule has 0 amide bonds. The van der Waals surface area contributed by atoms with Crippen LogP contribution >= 0.6 is 35.0 Å². The number of hydrogen-bond acceptors (Lipinski definition) is 3.